The molecule has 0 radical (unpaired) electrons. The van der Waals surface area contributed by atoms with Crippen molar-refractivity contribution >= 4 is 10.9 Å². The molecule has 5 nitrogen and oxygen atoms in total. The first-order chi connectivity index (χ1) is 11.6. The number of ether oxygens (including phenoxy) is 2. The highest BCUT2D eigenvalue weighted by Crippen LogP contribution is 2.33. The lowest BCUT2D eigenvalue weighted by Gasteiger charge is -2.09. The normalized spacial score (nSPS) is 13.8. The first kappa shape index (κ1) is 14.6. The summed E-state index contributed by atoms with van der Waals surface area (Å²) in [5.41, 5.74) is -1.02. The van der Waals surface area contributed by atoms with E-state index in [9.17, 15) is 13.6 Å². The van der Waals surface area contributed by atoms with Crippen LogP contribution < -0.4 is 15.1 Å². The van der Waals surface area contributed by atoms with Gasteiger partial charge in [0.2, 0.25) is 5.89 Å². The van der Waals surface area contributed by atoms with Gasteiger partial charge in [-0.15, -0.1) is 0 Å². The molecule has 0 fully saturated rings. The number of rotatable bonds is 1. The van der Waals surface area contributed by atoms with Gasteiger partial charge in [-0.05, 0) is 12.1 Å². The topological polar surface area (TPSA) is 61.6 Å². The lowest BCUT2D eigenvalue weighted by molar-refractivity contribution is 0.297. The summed E-state index contributed by atoms with van der Waals surface area (Å²) in [5.74, 6) is -1.30. The van der Waals surface area contributed by atoms with Crippen molar-refractivity contribution in [1.82, 2.24) is 4.98 Å². The zero-order chi connectivity index (χ0) is 16.7. The number of aromatic nitrogens is 1. The van der Waals surface area contributed by atoms with Gasteiger partial charge in [-0.2, -0.15) is 0 Å². The van der Waals surface area contributed by atoms with Crippen molar-refractivity contribution in [2.45, 2.75) is 6.42 Å². The van der Waals surface area contributed by atoms with Gasteiger partial charge in [0.05, 0.1) is 24.1 Å². The second-order valence-electron chi connectivity index (χ2n) is 5.27. The molecule has 0 unspecified atom stereocenters. The minimum Gasteiger partial charge on any atom is -0.490 e. The maximum Gasteiger partial charge on any atom is 0.347 e. The van der Waals surface area contributed by atoms with E-state index in [1.165, 1.54) is 18.2 Å². The van der Waals surface area contributed by atoms with E-state index in [2.05, 4.69) is 4.98 Å². The summed E-state index contributed by atoms with van der Waals surface area (Å²) in [7, 11) is 0. The van der Waals surface area contributed by atoms with Crippen LogP contribution in [0.5, 0.6) is 11.5 Å². The molecule has 1 aliphatic rings. The first-order valence-corrected chi connectivity index (χ1v) is 7.32. The standard InChI is InChI=1S/C17H11F2NO4/c18-10-3-1-4-11(19)15(10)16-20-12-8-14-13(22-5-2-6-23-14)7-9(12)17(21)24-16/h1,3-4,7-8H,2,5-6H2. The third kappa shape index (κ3) is 2.38. The van der Waals surface area contributed by atoms with E-state index in [1.807, 2.05) is 0 Å². The molecule has 7 heteroatoms. The molecule has 0 saturated carbocycles. The van der Waals surface area contributed by atoms with Gasteiger partial charge in [0.25, 0.3) is 0 Å². The molecule has 24 heavy (non-hydrogen) atoms. The lowest BCUT2D eigenvalue weighted by atomic mass is 10.1. The van der Waals surface area contributed by atoms with Crippen LogP contribution in [0.3, 0.4) is 0 Å². The van der Waals surface area contributed by atoms with Crippen molar-refractivity contribution in [3.63, 3.8) is 0 Å². The molecule has 0 amide bonds. The average molecular weight is 331 g/mol. The van der Waals surface area contributed by atoms with E-state index < -0.39 is 28.7 Å². The fraction of sp³-hybridized carbons (Fsp3) is 0.176. The van der Waals surface area contributed by atoms with Crippen LogP contribution in [-0.4, -0.2) is 18.2 Å². The first-order valence-electron chi connectivity index (χ1n) is 7.32. The van der Waals surface area contributed by atoms with Crippen LogP contribution in [0.2, 0.25) is 0 Å². The number of benzene rings is 2. The van der Waals surface area contributed by atoms with Crippen molar-refractivity contribution in [2.24, 2.45) is 0 Å². The molecule has 3 aromatic rings. The Hall–Kier alpha value is -2.96. The maximum atomic E-state index is 13.9. The van der Waals surface area contributed by atoms with Gasteiger partial charge in [0, 0.05) is 18.6 Å². The van der Waals surface area contributed by atoms with Crippen molar-refractivity contribution in [1.29, 1.82) is 0 Å². The monoisotopic (exact) mass is 331 g/mol. The Balaban J connectivity index is 1.96. The van der Waals surface area contributed by atoms with Crippen LogP contribution in [0.25, 0.3) is 22.4 Å². The molecule has 2 aromatic carbocycles. The van der Waals surface area contributed by atoms with Gasteiger partial charge in [-0.1, -0.05) is 6.07 Å². The highest BCUT2D eigenvalue weighted by atomic mass is 19.1. The van der Waals surface area contributed by atoms with Crippen LogP contribution in [0.1, 0.15) is 6.42 Å². The zero-order valence-electron chi connectivity index (χ0n) is 12.3. The Labute approximate surface area is 134 Å². The van der Waals surface area contributed by atoms with Gasteiger partial charge in [-0.25, -0.2) is 18.6 Å². The molecule has 0 atom stereocenters. The summed E-state index contributed by atoms with van der Waals surface area (Å²) in [5, 5.41) is 0.153. The molecule has 2 heterocycles. The molecule has 1 aromatic heterocycles. The molecule has 0 aliphatic carbocycles. The van der Waals surface area contributed by atoms with E-state index >= 15 is 0 Å². The average Bonchev–Trinajstić information content (AvgIpc) is 2.78. The molecular formula is C17H11F2NO4. The zero-order valence-corrected chi connectivity index (χ0v) is 12.3. The Morgan fingerprint density at radius 3 is 2.38 bits per heavy atom. The molecule has 1 aliphatic heterocycles. The van der Waals surface area contributed by atoms with E-state index in [0.717, 1.165) is 12.1 Å². The second-order valence-corrected chi connectivity index (χ2v) is 5.27. The number of hydrogen-bond donors (Lipinski definition) is 0. The van der Waals surface area contributed by atoms with Gasteiger partial charge in [0.15, 0.2) is 11.5 Å². The minimum absolute atomic E-state index is 0.153. The fourth-order valence-electron chi connectivity index (χ4n) is 2.54. The highest BCUT2D eigenvalue weighted by molar-refractivity contribution is 5.82. The lowest BCUT2D eigenvalue weighted by Crippen LogP contribution is -2.05. The van der Waals surface area contributed by atoms with Crippen LogP contribution >= 0.6 is 0 Å². The van der Waals surface area contributed by atoms with Gasteiger partial charge >= 0.3 is 5.63 Å². The van der Waals surface area contributed by atoms with Gasteiger partial charge in [0.1, 0.15) is 17.2 Å². The molecule has 4 rings (SSSR count). The van der Waals surface area contributed by atoms with Crippen molar-refractivity contribution in [3.8, 4) is 23.0 Å². The highest BCUT2D eigenvalue weighted by Gasteiger charge is 2.19. The molecule has 0 saturated heterocycles. The number of halogens is 2. The molecule has 0 N–H and O–H groups in total. The van der Waals surface area contributed by atoms with E-state index in [1.54, 1.807) is 0 Å². The van der Waals surface area contributed by atoms with E-state index in [0.29, 0.717) is 31.1 Å². The van der Waals surface area contributed by atoms with Crippen LogP contribution in [0.15, 0.2) is 39.5 Å². The summed E-state index contributed by atoms with van der Waals surface area (Å²) < 4.78 is 43.9. The molecule has 0 bridgehead atoms. The summed E-state index contributed by atoms with van der Waals surface area (Å²) in [6.45, 7) is 0.935. The maximum absolute atomic E-state index is 13.9. The summed E-state index contributed by atoms with van der Waals surface area (Å²) >= 11 is 0. The molecule has 0 spiro atoms. The van der Waals surface area contributed by atoms with Crippen molar-refractivity contribution in [2.75, 3.05) is 13.2 Å². The van der Waals surface area contributed by atoms with Gasteiger partial charge in [-0.3, -0.25) is 0 Å². The Kier molecular flexibility index (Phi) is 3.41. The van der Waals surface area contributed by atoms with E-state index in [4.69, 9.17) is 13.9 Å². The Morgan fingerprint density at radius 1 is 1.00 bits per heavy atom. The van der Waals surface area contributed by atoms with E-state index in [-0.39, 0.29) is 10.9 Å². The second kappa shape index (κ2) is 5.59. The predicted molar refractivity (Wildman–Crippen MR) is 81.2 cm³/mol. The van der Waals surface area contributed by atoms with Gasteiger partial charge < -0.3 is 13.9 Å². The van der Waals surface area contributed by atoms with Crippen LogP contribution in [0, 0.1) is 11.6 Å². The fourth-order valence-corrected chi connectivity index (χ4v) is 2.54. The van der Waals surface area contributed by atoms with Crippen molar-refractivity contribution in [3.05, 3.63) is 52.4 Å². The molecule has 122 valence electrons. The van der Waals surface area contributed by atoms with Crippen LogP contribution in [-0.2, 0) is 0 Å². The third-order valence-corrected chi connectivity index (χ3v) is 3.67. The Bertz CT molecular complexity index is 980. The predicted octanol–water partition coefficient (Wildman–Crippen LogP) is 3.29. The smallest absolute Gasteiger partial charge is 0.347 e. The summed E-state index contributed by atoms with van der Waals surface area (Å²) in [6.07, 6.45) is 0.707. The number of nitrogens with zero attached hydrogens (tertiary/aromatic N) is 1. The number of fused-ring (bicyclic) bond motifs is 2. The Morgan fingerprint density at radius 2 is 1.67 bits per heavy atom. The summed E-state index contributed by atoms with van der Waals surface area (Å²) in [6, 6.07) is 6.33. The largest absolute Gasteiger partial charge is 0.490 e. The molecular weight excluding hydrogens is 320 g/mol. The summed E-state index contributed by atoms with van der Waals surface area (Å²) in [4.78, 5) is 16.3. The quantitative estimate of drug-likeness (QED) is 0.685. The minimum atomic E-state index is -0.862. The van der Waals surface area contributed by atoms with Crippen molar-refractivity contribution < 1.29 is 22.7 Å². The SMILES string of the molecule is O=c1oc(-c2c(F)cccc2F)nc2cc3c(cc12)OCCCO3. The number of hydrogen-bond acceptors (Lipinski definition) is 5. The van der Waals surface area contributed by atoms with Crippen LogP contribution in [0.4, 0.5) is 8.78 Å². The third-order valence-electron chi connectivity index (χ3n) is 3.67.